The molecule has 72 valence electrons. The molecule has 0 saturated heterocycles. The molecule has 0 radical (unpaired) electrons. The Balaban J connectivity index is 3.06. The largest absolute Gasteiger partial charge is 0.464 e. The van der Waals surface area contributed by atoms with Gasteiger partial charge in [-0.2, -0.15) is 0 Å². The van der Waals surface area contributed by atoms with Crippen LogP contribution in [0, 0.1) is 5.41 Å². The lowest BCUT2D eigenvalue weighted by molar-refractivity contribution is -0.136. The van der Waals surface area contributed by atoms with Crippen LogP contribution < -0.4 is 0 Å². The lowest BCUT2D eigenvalue weighted by Gasteiger charge is -2.31. The SMILES string of the molecule is CC1(C)CC(I)=CN(C(=O)O)C1=O. The first-order valence-electron chi connectivity index (χ1n) is 3.77. The first-order valence-corrected chi connectivity index (χ1v) is 4.85. The van der Waals surface area contributed by atoms with Crippen molar-refractivity contribution in [3.05, 3.63) is 9.78 Å². The van der Waals surface area contributed by atoms with Gasteiger partial charge in [0.2, 0.25) is 5.91 Å². The minimum atomic E-state index is -1.22. The molecule has 0 aliphatic carbocycles. The highest BCUT2D eigenvalue weighted by Crippen LogP contribution is 2.35. The molecule has 0 unspecified atom stereocenters. The molecular weight excluding hydrogens is 285 g/mol. The number of rotatable bonds is 0. The molecule has 4 nitrogen and oxygen atoms in total. The molecule has 0 aromatic carbocycles. The Morgan fingerprint density at radius 1 is 1.69 bits per heavy atom. The number of carbonyl (C=O) groups excluding carboxylic acids is 1. The van der Waals surface area contributed by atoms with Crippen molar-refractivity contribution in [2.75, 3.05) is 0 Å². The van der Waals surface area contributed by atoms with E-state index in [2.05, 4.69) is 0 Å². The quantitative estimate of drug-likeness (QED) is 0.697. The molecule has 1 N–H and O–H groups in total. The highest BCUT2D eigenvalue weighted by molar-refractivity contribution is 14.1. The number of carboxylic acid groups (broad SMARTS) is 1. The summed E-state index contributed by atoms with van der Waals surface area (Å²) in [6, 6.07) is 0. The van der Waals surface area contributed by atoms with Crippen LogP contribution in [-0.2, 0) is 4.79 Å². The molecule has 13 heavy (non-hydrogen) atoms. The van der Waals surface area contributed by atoms with Gasteiger partial charge in [-0.3, -0.25) is 4.79 Å². The van der Waals surface area contributed by atoms with E-state index in [1.807, 2.05) is 22.6 Å². The molecule has 0 bridgehead atoms. The Morgan fingerprint density at radius 2 is 2.23 bits per heavy atom. The van der Waals surface area contributed by atoms with Gasteiger partial charge in [0.15, 0.2) is 0 Å². The number of halogens is 1. The number of imide groups is 1. The maximum Gasteiger partial charge on any atom is 0.418 e. The van der Waals surface area contributed by atoms with Crippen molar-refractivity contribution in [3.63, 3.8) is 0 Å². The van der Waals surface area contributed by atoms with E-state index in [1.54, 1.807) is 13.8 Å². The van der Waals surface area contributed by atoms with Gasteiger partial charge in [-0.05, 0) is 29.0 Å². The van der Waals surface area contributed by atoms with E-state index in [-0.39, 0.29) is 5.91 Å². The third kappa shape index (κ3) is 2.01. The molecule has 5 heteroatoms. The minimum absolute atomic E-state index is 0.361. The smallest absolute Gasteiger partial charge is 0.418 e. The van der Waals surface area contributed by atoms with E-state index in [1.165, 1.54) is 6.20 Å². The molecule has 1 heterocycles. The van der Waals surface area contributed by atoms with E-state index in [0.717, 1.165) is 8.48 Å². The van der Waals surface area contributed by atoms with Gasteiger partial charge in [-0.1, -0.05) is 13.8 Å². The summed E-state index contributed by atoms with van der Waals surface area (Å²) >= 11 is 2.04. The second-order valence-electron chi connectivity index (χ2n) is 3.59. The molecule has 0 aromatic rings. The summed E-state index contributed by atoms with van der Waals surface area (Å²) in [6.45, 7) is 3.49. The third-order valence-electron chi connectivity index (χ3n) is 1.88. The van der Waals surface area contributed by atoms with E-state index in [0.29, 0.717) is 6.42 Å². The number of hydrogen-bond acceptors (Lipinski definition) is 2. The molecule has 0 aromatic heterocycles. The number of nitrogens with zero attached hydrogens (tertiary/aromatic N) is 1. The monoisotopic (exact) mass is 295 g/mol. The summed E-state index contributed by atoms with van der Waals surface area (Å²) in [5, 5.41) is 8.72. The fraction of sp³-hybridized carbons (Fsp3) is 0.500. The maximum absolute atomic E-state index is 11.5. The molecule has 1 aliphatic rings. The van der Waals surface area contributed by atoms with Gasteiger partial charge in [0.05, 0.1) is 0 Å². The second kappa shape index (κ2) is 3.28. The van der Waals surface area contributed by atoms with Crippen LogP contribution in [0.1, 0.15) is 20.3 Å². The van der Waals surface area contributed by atoms with Crippen LogP contribution in [0.2, 0.25) is 0 Å². The fourth-order valence-electron chi connectivity index (χ4n) is 1.21. The van der Waals surface area contributed by atoms with E-state index in [9.17, 15) is 9.59 Å². The van der Waals surface area contributed by atoms with Crippen LogP contribution >= 0.6 is 22.6 Å². The third-order valence-corrected chi connectivity index (χ3v) is 2.54. The lowest BCUT2D eigenvalue weighted by atomic mass is 9.86. The highest BCUT2D eigenvalue weighted by Gasteiger charge is 2.38. The Labute approximate surface area is 89.7 Å². The second-order valence-corrected chi connectivity index (χ2v) is 4.98. The van der Waals surface area contributed by atoms with Gasteiger partial charge in [0.1, 0.15) is 0 Å². The number of amides is 2. The van der Waals surface area contributed by atoms with Crippen molar-refractivity contribution in [2.45, 2.75) is 20.3 Å². The molecule has 0 saturated carbocycles. The van der Waals surface area contributed by atoms with Gasteiger partial charge >= 0.3 is 6.09 Å². The zero-order chi connectivity index (χ0) is 10.2. The van der Waals surface area contributed by atoms with E-state index < -0.39 is 11.5 Å². The lowest BCUT2D eigenvalue weighted by Crippen LogP contribution is -2.43. The standard InChI is InChI=1S/C8H10INO3/c1-8(2)3-5(9)4-10(6(8)11)7(12)13/h4H,3H2,1-2H3,(H,12,13). The summed E-state index contributed by atoms with van der Waals surface area (Å²) in [4.78, 5) is 22.9. The van der Waals surface area contributed by atoms with Gasteiger partial charge in [-0.25, -0.2) is 9.69 Å². The fourth-order valence-corrected chi connectivity index (χ4v) is 2.44. The van der Waals surface area contributed by atoms with Crippen molar-refractivity contribution in [2.24, 2.45) is 5.41 Å². The van der Waals surface area contributed by atoms with Gasteiger partial charge in [0.25, 0.3) is 0 Å². The Bertz CT molecular complexity index is 296. The Morgan fingerprint density at radius 3 is 2.69 bits per heavy atom. The van der Waals surface area contributed by atoms with Crippen molar-refractivity contribution in [1.29, 1.82) is 0 Å². The first-order chi connectivity index (χ1) is 5.84. The zero-order valence-electron chi connectivity index (χ0n) is 7.37. The molecule has 1 aliphatic heterocycles. The molecule has 0 fully saturated rings. The maximum atomic E-state index is 11.5. The molecule has 2 amide bonds. The Hall–Kier alpha value is -0.590. The van der Waals surface area contributed by atoms with Crippen LogP contribution in [0.25, 0.3) is 0 Å². The van der Waals surface area contributed by atoms with E-state index in [4.69, 9.17) is 5.11 Å². The molecule has 0 spiro atoms. The normalized spacial score (nSPS) is 21.3. The number of allylic oxidation sites excluding steroid dienone is 1. The summed E-state index contributed by atoms with van der Waals surface area (Å²) < 4.78 is 0.879. The topological polar surface area (TPSA) is 57.6 Å². The number of carbonyl (C=O) groups is 2. The van der Waals surface area contributed by atoms with Crippen LogP contribution in [0.4, 0.5) is 4.79 Å². The van der Waals surface area contributed by atoms with Crippen molar-refractivity contribution >= 4 is 34.6 Å². The molecule has 0 atom stereocenters. The van der Waals surface area contributed by atoms with Gasteiger partial charge in [-0.15, -0.1) is 0 Å². The minimum Gasteiger partial charge on any atom is -0.464 e. The van der Waals surface area contributed by atoms with Crippen LogP contribution in [0.5, 0.6) is 0 Å². The predicted octanol–water partition coefficient (Wildman–Crippen LogP) is 2.20. The summed E-state index contributed by atoms with van der Waals surface area (Å²) in [5.41, 5.74) is -0.607. The van der Waals surface area contributed by atoms with Crippen molar-refractivity contribution in [1.82, 2.24) is 4.90 Å². The zero-order valence-corrected chi connectivity index (χ0v) is 9.53. The van der Waals surface area contributed by atoms with Crippen LogP contribution in [0.15, 0.2) is 9.78 Å². The molecule has 1 rings (SSSR count). The summed E-state index contributed by atoms with van der Waals surface area (Å²) in [5.74, 6) is -0.361. The summed E-state index contributed by atoms with van der Waals surface area (Å²) in [6.07, 6.45) is 0.763. The van der Waals surface area contributed by atoms with Gasteiger partial charge in [0, 0.05) is 15.2 Å². The predicted molar refractivity (Wildman–Crippen MR) is 55.4 cm³/mol. The summed E-state index contributed by atoms with van der Waals surface area (Å²) in [7, 11) is 0. The average Bonchev–Trinajstić information content (AvgIpc) is 1.95. The highest BCUT2D eigenvalue weighted by atomic mass is 127. The first kappa shape index (κ1) is 10.5. The van der Waals surface area contributed by atoms with Crippen molar-refractivity contribution < 1.29 is 14.7 Å². The Kier molecular flexibility index (Phi) is 2.65. The van der Waals surface area contributed by atoms with E-state index >= 15 is 0 Å². The average molecular weight is 295 g/mol. The molecular formula is C8H10INO3. The van der Waals surface area contributed by atoms with Crippen LogP contribution in [0.3, 0.4) is 0 Å². The number of hydrogen-bond donors (Lipinski definition) is 1. The van der Waals surface area contributed by atoms with Crippen LogP contribution in [-0.4, -0.2) is 22.0 Å². The van der Waals surface area contributed by atoms with Crippen molar-refractivity contribution in [3.8, 4) is 0 Å². The van der Waals surface area contributed by atoms with Gasteiger partial charge < -0.3 is 5.11 Å².